The number of aliphatic hydroxyl groups excluding tert-OH is 1. The first-order chi connectivity index (χ1) is 9.20. The van der Waals surface area contributed by atoms with Crippen LogP contribution in [0.1, 0.15) is 84.0 Å². The second-order valence-electron chi connectivity index (χ2n) is 5.30. The number of rotatable bonds is 13. The number of hydrogen-bond acceptors (Lipinski definition) is 4. The van der Waals surface area contributed by atoms with Crippen molar-refractivity contribution in [3.8, 4) is 0 Å². The van der Waals surface area contributed by atoms with E-state index in [1.807, 2.05) is 0 Å². The van der Waals surface area contributed by atoms with Gasteiger partial charge in [-0.15, -0.1) is 0 Å². The van der Waals surface area contributed by atoms with Gasteiger partial charge in [-0.25, -0.2) is 0 Å². The molecule has 0 aromatic carbocycles. The molecule has 3 N–H and O–H groups in total. The lowest BCUT2D eigenvalue weighted by Crippen LogP contribution is -2.09. The molecule has 0 heterocycles. The summed E-state index contributed by atoms with van der Waals surface area (Å²) in [6.45, 7) is 2.22. The van der Waals surface area contributed by atoms with Crippen molar-refractivity contribution in [3.05, 3.63) is 0 Å². The minimum Gasteiger partial charge on any atom is -0.393 e. The average Bonchev–Trinajstić information content (AvgIpc) is 2.42. The van der Waals surface area contributed by atoms with Gasteiger partial charge in [-0.1, -0.05) is 58.3 Å². The van der Waals surface area contributed by atoms with E-state index in [4.69, 9.17) is 5.90 Å². The molecule has 0 aromatic rings. The van der Waals surface area contributed by atoms with E-state index in [2.05, 4.69) is 11.8 Å². The lowest BCUT2D eigenvalue weighted by molar-refractivity contribution is -0.144. The standard InChI is InChI=1S/C15H31NO3/c1-2-3-4-5-6-8-11-14(17)12-9-7-10-13-15(18)19-16/h14,17H,2-13,16H2,1H3. The van der Waals surface area contributed by atoms with Gasteiger partial charge in [0.25, 0.3) is 0 Å². The van der Waals surface area contributed by atoms with Crippen LogP contribution in [0.4, 0.5) is 0 Å². The molecule has 0 rings (SSSR count). The lowest BCUT2D eigenvalue weighted by atomic mass is 10.0. The number of carbonyl (C=O) groups excluding carboxylic acids is 1. The van der Waals surface area contributed by atoms with Crippen molar-refractivity contribution in [1.82, 2.24) is 0 Å². The Kier molecular flexibility index (Phi) is 13.4. The molecular weight excluding hydrogens is 242 g/mol. The van der Waals surface area contributed by atoms with Crippen LogP contribution in [0.3, 0.4) is 0 Å². The zero-order valence-electron chi connectivity index (χ0n) is 12.4. The SMILES string of the molecule is CCCCCCCCC(O)CCCCCC(=O)ON. The molecule has 0 fully saturated rings. The fourth-order valence-corrected chi connectivity index (χ4v) is 2.19. The molecule has 0 radical (unpaired) electrons. The van der Waals surface area contributed by atoms with Gasteiger partial charge in [0.2, 0.25) is 0 Å². The third-order valence-corrected chi connectivity index (χ3v) is 3.44. The van der Waals surface area contributed by atoms with E-state index in [0.29, 0.717) is 6.42 Å². The van der Waals surface area contributed by atoms with Crippen molar-refractivity contribution in [2.24, 2.45) is 5.90 Å². The van der Waals surface area contributed by atoms with Crippen LogP contribution in [-0.2, 0) is 9.63 Å². The average molecular weight is 273 g/mol. The monoisotopic (exact) mass is 273 g/mol. The van der Waals surface area contributed by atoms with Crippen molar-refractivity contribution >= 4 is 5.97 Å². The van der Waals surface area contributed by atoms with Crippen LogP contribution in [0.2, 0.25) is 0 Å². The third-order valence-electron chi connectivity index (χ3n) is 3.44. The molecule has 0 bridgehead atoms. The number of hydrogen-bond donors (Lipinski definition) is 2. The van der Waals surface area contributed by atoms with Gasteiger partial charge in [0, 0.05) is 6.42 Å². The molecule has 0 saturated heterocycles. The van der Waals surface area contributed by atoms with Gasteiger partial charge < -0.3 is 9.94 Å². The summed E-state index contributed by atoms with van der Waals surface area (Å²) in [5.74, 6) is 4.39. The van der Waals surface area contributed by atoms with E-state index in [1.165, 1.54) is 32.1 Å². The molecule has 0 saturated carbocycles. The Morgan fingerprint density at radius 1 is 1.00 bits per heavy atom. The lowest BCUT2D eigenvalue weighted by Gasteiger charge is -2.10. The highest BCUT2D eigenvalue weighted by Gasteiger charge is 2.05. The van der Waals surface area contributed by atoms with Crippen molar-refractivity contribution in [2.45, 2.75) is 90.1 Å². The second kappa shape index (κ2) is 13.8. The van der Waals surface area contributed by atoms with E-state index in [0.717, 1.165) is 38.5 Å². The molecule has 0 aliphatic heterocycles. The summed E-state index contributed by atoms with van der Waals surface area (Å²) >= 11 is 0. The van der Waals surface area contributed by atoms with Crippen LogP contribution >= 0.6 is 0 Å². The predicted molar refractivity (Wildman–Crippen MR) is 77.4 cm³/mol. The normalized spacial score (nSPS) is 12.4. The van der Waals surface area contributed by atoms with E-state index in [1.54, 1.807) is 0 Å². The number of nitrogens with two attached hydrogens (primary N) is 1. The van der Waals surface area contributed by atoms with Gasteiger partial charge in [-0.3, -0.25) is 4.79 Å². The number of aliphatic hydroxyl groups is 1. The minimum absolute atomic E-state index is 0.173. The van der Waals surface area contributed by atoms with Crippen LogP contribution in [0.25, 0.3) is 0 Å². The van der Waals surface area contributed by atoms with Gasteiger partial charge in [0.15, 0.2) is 0 Å². The maximum Gasteiger partial charge on any atom is 0.324 e. The molecule has 4 nitrogen and oxygen atoms in total. The Hall–Kier alpha value is -0.610. The summed E-state index contributed by atoms with van der Waals surface area (Å²) in [4.78, 5) is 14.8. The Morgan fingerprint density at radius 3 is 2.11 bits per heavy atom. The van der Waals surface area contributed by atoms with E-state index < -0.39 is 0 Å². The third kappa shape index (κ3) is 13.6. The van der Waals surface area contributed by atoms with Crippen molar-refractivity contribution < 1.29 is 14.7 Å². The zero-order chi connectivity index (χ0) is 14.3. The van der Waals surface area contributed by atoms with Crippen LogP contribution in [0.15, 0.2) is 0 Å². The van der Waals surface area contributed by atoms with Crippen LogP contribution in [0, 0.1) is 0 Å². The largest absolute Gasteiger partial charge is 0.393 e. The maximum absolute atomic E-state index is 10.8. The highest BCUT2D eigenvalue weighted by atomic mass is 16.7. The molecule has 114 valence electrons. The fraction of sp³-hybridized carbons (Fsp3) is 0.933. The van der Waals surface area contributed by atoms with Crippen LogP contribution in [-0.4, -0.2) is 17.2 Å². The minimum atomic E-state index is -0.354. The van der Waals surface area contributed by atoms with Gasteiger partial charge in [-0.2, -0.15) is 5.90 Å². The first-order valence-electron chi connectivity index (χ1n) is 7.78. The van der Waals surface area contributed by atoms with E-state index in [9.17, 15) is 9.90 Å². The van der Waals surface area contributed by atoms with Crippen LogP contribution < -0.4 is 5.90 Å². The predicted octanol–water partition coefficient (Wildman–Crippen LogP) is 3.47. The van der Waals surface area contributed by atoms with Gasteiger partial charge in [-0.05, 0) is 19.3 Å². The van der Waals surface area contributed by atoms with Crippen molar-refractivity contribution in [3.63, 3.8) is 0 Å². The number of carbonyl (C=O) groups is 1. The summed E-state index contributed by atoms with van der Waals surface area (Å²) in [6.07, 6.45) is 12.3. The summed E-state index contributed by atoms with van der Waals surface area (Å²) in [6, 6.07) is 0. The molecule has 1 atom stereocenters. The molecule has 4 heteroatoms. The highest BCUT2D eigenvalue weighted by molar-refractivity contribution is 5.68. The Morgan fingerprint density at radius 2 is 1.53 bits per heavy atom. The van der Waals surface area contributed by atoms with E-state index in [-0.39, 0.29) is 12.1 Å². The molecule has 19 heavy (non-hydrogen) atoms. The molecule has 0 aliphatic carbocycles. The first kappa shape index (κ1) is 18.4. The Balaban J connectivity index is 3.21. The zero-order valence-corrected chi connectivity index (χ0v) is 12.4. The molecule has 1 unspecified atom stereocenters. The first-order valence-corrected chi connectivity index (χ1v) is 7.78. The summed E-state index contributed by atoms with van der Waals surface area (Å²) in [5, 5.41) is 9.79. The van der Waals surface area contributed by atoms with Crippen molar-refractivity contribution in [1.29, 1.82) is 0 Å². The molecule has 0 aliphatic rings. The molecular formula is C15H31NO3. The van der Waals surface area contributed by atoms with Crippen LogP contribution in [0.5, 0.6) is 0 Å². The fourth-order valence-electron chi connectivity index (χ4n) is 2.19. The molecule has 0 spiro atoms. The smallest absolute Gasteiger partial charge is 0.324 e. The summed E-state index contributed by atoms with van der Waals surface area (Å²) in [7, 11) is 0. The maximum atomic E-state index is 10.8. The summed E-state index contributed by atoms with van der Waals surface area (Å²) < 4.78 is 0. The number of unbranched alkanes of at least 4 members (excludes halogenated alkanes) is 7. The highest BCUT2D eigenvalue weighted by Crippen LogP contribution is 2.13. The van der Waals surface area contributed by atoms with Crippen molar-refractivity contribution in [2.75, 3.05) is 0 Å². The molecule has 0 amide bonds. The quantitative estimate of drug-likeness (QED) is 0.398. The second-order valence-corrected chi connectivity index (χ2v) is 5.30. The summed E-state index contributed by atoms with van der Waals surface area (Å²) in [5.41, 5.74) is 0. The van der Waals surface area contributed by atoms with Gasteiger partial charge in [0.1, 0.15) is 0 Å². The Bertz CT molecular complexity index is 210. The Labute approximate surface area is 117 Å². The topological polar surface area (TPSA) is 72.5 Å². The molecule has 0 aromatic heterocycles. The van der Waals surface area contributed by atoms with Gasteiger partial charge >= 0.3 is 5.97 Å². The van der Waals surface area contributed by atoms with Gasteiger partial charge in [0.05, 0.1) is 6.10 Å². The van der Waals surface area contributed by atoms with E-state index >= 15 is 0 Å².